The molecule has 22 heavy (non-hydrogen) atoms. The number of piperazine rings is 1. The lowest BCUT2D eigenvalue weighted by Gasteiger charge is -2.27. The van der Waals surface area contributed by atoms with E-state index in [-0.39, 0.29) is 11.6 Å². The number of benzene rings is 1. The van der Waals surface area contributed by atoms with Crippen molar-refractivity contribution in [3.05, 3.63) is 39.4 Å². The smallest absolute Gasteiger partial charge is 0.273 e. The number of carbonyl (C=O) groups excluding carboxylic acids is 1. The van der Waals surface area contributed by atoms with Crippen molar-refractivity contribution >= 4 is 11.6 Å². The van der Waals surface area contributed by atoms with Crippen LogP contribution in [-0.4, -0.2) is 55.0 Å². The Balaban J connectivity index is 1.82. The Kier molecular flexibility index (Phi) is 5.85. The molecule has 1 aromatic carbocycles. The van der Waals surface area contributed by atoms with E-state index in [9.17, 15) is 14.9 Å². The number of carbonyl (C=O) groups is 1. The lowest BCUT2D eigenvalue weighted by molar-refractivity contribution is -0.385. The van der Waals surface area contributed by atoms with E-state index < -0.39 is 4.92 Å². The third-order valence-electron chi connectivity index (χ3n) is 3.89. The van der Waals surface area contributed by atoms with Crippen LogP contribution in [0.1, 0.15) is 22.3 Å². The summed E-state index contributed by atoms with van der Waals surface area (Å²) < 4.78 is 0. The molecular weight excluding hydrogens is 284 g/mol. The van der Waals surface area contributed by atoms with Gasteiger partial charge in [0.15, 0.2) is 0 Å². The number of nitro benzene ring substituents is 1. The van der Waals surface area contributed by atoms with Crippen molar-refractivity contribution in [2.45, 2.75) is 13.3 Å². The fourth-order valence-electron chi connectivity index (χ4n) is 2.60. The second-order valence-corrected chi connectivity index (χ2v) is 5.41. The minimum absolute atomic E-state index is 0.0199. The molecule has 0 saturated carbocycles. The molecule has 0 aromatic heterocycles. The molecule has 1 aromatic rings. The highest BCUT2D eigenvalue weighted by molar-refractivity contribution is 5.96. The molecule has 2 rings (SSSR count). The van der Waals surface area contributed by atoms with Crippen LogP contribution in [0, 0.1) is 17.0 Å². The van der Waals surface area contributed by atoms with Crippen LogP contribution in [0.15, 0.2) is 18.2 Å². The summed E-state index contributed by atoms with van der Waals surface area (Å²) in [5, 5.41) is 17.0. The molecule has 1 aliphatic heterocycles. The van der Waals surface area contributed by atoms with Gasteiger partial charge in [-0.3, -0.25) is 14.9 Å². The van der Waals surface area contributed by atoms with Crippen molar-refractivity contribution in [2.24, 2.45) is 0 Å². The van der Waals surface area contributed by atoms with Gasteiger partial charge in [0.05, 0.1) is 4.92 Å². The zero-order chi connectivity index (χ0) is 15.9. The van der Waals surface area contributed by atoms with Crippen LogP contribution in [0.2, 0.25) is 0 Å². The standard InChI is InChI=1S/C15H22N4O3/c1-12-13(4-2-5-14(12)19(21)22)15(20)17-6-3-9-18-10-7-16-8-11-18/h2,4-5,16H,3,6-11H2,1H3,(H,17,20). The molecule has 0 unspecified atom stereocenters. The van der Waals surface area contributed by atoms with E-state index in [1.54, 1.807) is 19.1 Å². The molecule has 1 aliphatic rings. The fraction of sp³-hybridized carbons (Fsp3) is 0.533. The number of nitrogens with one attached hydrogen (secondary N) is 2. The molecular formula is C15H22N4O3. The number of hydrogen-bond donors (Lipinski definition) is 2. The van der Waals surface area contributed by atoms with Crippen molar-refractivity contribution in [3.63, 3.8) is 0 Å². The van der Waals surface area contributed by atoms with Gasteiger partial charge in [-0.2, -0.15) is 0 Å². The maximum absolute atomic E-state index is 12.1. The fourth-order valence-corrected chi connectivity index (χ4v) is 2.60. The predicted molar refractivity (Wildman–Crippen MR) is 84.1 cm³/mol. The van der Waals surface area contributed by atoms with Crippen LogP contribution in [0.5, 0.6) is 0 Å². The van der Waals surface area contributed by atoms with Gasteiger partial charge >= 0.3 is 0 Å². The van der Waals surface area contributed by atoms with Gasteiger partial charge in [-0.1, -0.05) is 6.07 Å². The Hall–Kier alpha value is -1.99. The third kappa shape index (κ3) is 4.25. The lowest BCUT2D eigenvalue weighted by atomic mass is 10.1. The molecule has 0 bridgehead atoms. The van der Waals surface area contributed by atoms with E-state index in [1.807, 2.05) is 0 Å². The van der Waals surface area contributed by atoms with Crippen molar-refractivity contribution in [2.75, 3.05) is 39.3 Å². The summed E-state index contributed by atoms with van der Waals surface area (Å²) in [5.41, 5.74) is 0.761. The summed E-state index contributed by atoms with van der Waals surface area (Å²) in [7, 11) is 0. The van der Waals surface area contributed by atoms with Crippen LogP contribution < -0.4 is 10.6 Å². The number of nitrogens with zero attached hydrogens (tertiary/aromatic N) is 2. The quantitative estimate of drug-likeness (QED) is 0.464. The van der Waals surface area contributed by atoms with Crippen LogP contribution in [0.3, 0.4) is 0 Å². The van der Waals surface area contributed by atoms with Crippen molar-refractivity contribution in [1.82, 2.24) is 15.5 Å². The van der Waals surface area contributed by atoms with E-state index in [2.05, 4.69) is 15.5 Å². The van der Waals surface area contributed by atoms with Crippen molar-refractivity contribution < 1.29 is 9.72 Å². The summed E-state index contributed by atoms with van der Waals surface area (Å²) in [6.07, 6.45) is 0.875. The molecule has 0 atom stereocenters. The molecule has 0 radical (unpaired) electrons. The molecule has 120 valence electrons. The lowest BCUT2D eigenvalue weighted by Crippen LogP contribution is -2.44. The first kappa shape index (κ1) is 16.4. The zero-order valence-electron chi connectivity index (χ0n) is 12.8. The van der Waals surface area contributed by atoms with Gasteiger partial charge in [-0.15, -0.1) is 0 Å². The second-order valence-electron chi connectivity index (χ2n) is 5.41. The maximum Gasteiger partial charge on any atom is 0.273 e. The molecule has 0 aliphatic carbocycles. The average molecular weight is 306 g/mol. The first-order chi connectivity index (χ1) is 10.6. The van der Waals surface area contributed by atoms with Crippen LogP contribution >= 0.6 is 0 Å². The Morgan fingerprint density at radius 1 is 1.41 bits per heavy atom. The van der Waals surface area contributed by atoms with Gasteiger partial charge in [0.2, 0.25) is 0 Å². The molecule has 1 heterocycles. The topological polar surface area (TPSA) is 87.5 Å². The Morgan fingerprint density at radius 2 is 2.14 bits per heavy atom. The average Bonchev–Trinajstić information content (AvgIpc) is 2.52. The number of rotatable bonds is 6. The van der Waals surface area contributed by atoms with Crippen molar-refractivity contribution in [1.29, 1.82) is 0 Å². The van der Waals surface area contributed by atoms with E-state index >= 15 is 0 Å². The number of nitro groups is 1. The number of amides is 1. The van der Waals surface area contributed by atoms with Gasteiger partial charge < -0.3 is 15.5 Å². The van der Waals surface area contributed by atoms with E-state index in [0.717, 1.165) is 39.1 Å². The minimum Gasteiger partial charge on any atom is -0.352 e. The van der Waals surface area contributed by atoms with E-state index in [4.69, 9.17) is 0 Å². The first-order valence-corrected chi connectivity index (χ1v) is 7.55. The molecule has 7 nitrogen and oxygen atoms in total. The van der Waals surface area contributed by atoms with Crippen LogP contribution in [-0.2, 0) is 0 Å². The minimum atomic E-state index is -0.462. The highest BCUT2D eigenvalue weighted by Gasteiger charge is 2.17. The van der Waals surface area contributed by atoms with Gasteiger partial charge in [0, 0.05) is 49.9 Å². The van der Waals surface area contributed by atoms with Gasteiger partial charge in [0.25, 0.3) is 11.6 Å². The van der Waals surface area contributed by atoms with Gasteiger partial charge in [-0.25, -0.2) is 0 Å². The normalized spacial score (nSPS) is 15.5. The van der Waals surface area contributed by atoms with Crippen LogP contribution in [0.25, 0.3) is 0 Å². The number of hydrogen-bond acceptors (Lipinski definition) is 5. The molecule has 1 amide bonds. The summed E-state index contributed by atoms with van der Waals surface area (Å²) in [6.45, 7) is 7.24. The molecule has 7 heteroatoms. The van der Waals surface area contributed by atoms with Gasteiger partial charge in [0.1, 0.15) is 0 Å². The Labute approximate surface area is 129 Å². The van der Waals surface area contributed by atoms with E-state index in [0.29, 0.717) is 17.7 Å². The third-order valence-corrected chi connectivity index (χ3v) is 3.89. The maximum atomic E-state index is 12.1. The second kappa shape index (κ2) is 7.86. The van der Waals surface area contributed by atoms with Crippen LogP contribution in [0.4, 0.5) is 5.69 Å². The first-order valence-electron chi connectivity index (χ1n) is 7.55. The molecule has 1 saturated heterocycles. The monoisotopic (exact) mass is 306 g/mol. The zero-order valence-corrected chi connectivity index (χ0v) is 12.8. The largest absolute Gasteiger partial charge is 0.352 e. The molecule has 2 N–H and O–H groups in total. The summed E-state index contributed by atoms with van der Waals surface area (Å²) in [5.74, 6) is -0.249. The van der Waals surface area contributed by atoms with Crippen molar-refractivity contribution in [3.8, 4) is 0 Å². The SMILES string of the molecule is Cc1c(C(=O)NCCCN2CCNCC2)cccc1[N+](=O)[O-]. The summed E-state index contributed by atoms with van der Waals surface area (Å²) >= 11 is 0. The Morgan fingerprint density at radius 3 is 2.82 bits per heavy atom. The summed E-state index contributed by atoms with van der Waals surface area (Å²) in [4.78, 5) is 24.9. The highest BCUT2D eigenvalue weighted by Crippen LogP contribution is 2.20. The van der Waals surface area contributed by atoms with E-state index in [1.165, 1.54) is 6.07 Å². The molecule has 0 spiro atoms. The Bertz CT molecular complexity index is 542. The predicted octanol–water partition coefficient (Wildman–Crippen LogP) is 0.928. The van der Waals surface area contributed by atoms with Gasteiger partial charge in [-0.05, 0) is 26.0 Å². The molecule has 1 fully saturated rings. The highest BCUT2D eigenvalue weighted by atomic mass is 16.6. The summed E-state index contributed by atoms with van der Waals surface area (Å²) in [6, 6.07) is 4.57.